The van der Waals surface area contributed by atoms with Gasteiger partial charge in [-0.3, -0.25) is 4.98 Å². The Morgan fingerprint density at radius 1 is 0.520 bits per heavy atom. The minimum Gasteiger partial charge on any atom is -0.457 e. The first-order chi connectivity index (χ1) is 24.8. The molecule has 4 aliphatic rings. The SMILES string of the molecule is C1=CC(c2cc(-c3cccnc3-c3ccc4c(c3)C3(c5ccccc5O4)c4ccccc4-c4ccccc43)nc(C3=CCCC=C3)n2)=CCC1. The highest BCUT2D eigenvalue weighted by molar-refractivity contribution is 5.90. The molecule has 4 heteroatoms. The molecule has 0 amide bonds. The van der Waals surface area contributed by atoms with Crippen LogP contribution in [0.4, 0.5) is 0 Å². The zero-order chi connectivity index (χ0) is 33.1. The molecule has 2 aromatic heterocycles. The number of rotatable bonds is 4. The van der Waals surface area contributed by atoms with Crippen molar-refractivity contribution < 1.29 is 4.74 Å². The number of nitrogens with zero attached hydrogens (tertiary/aromatic N) is 3. The van der Waals surface area contributed by atoms with Gasteiger partial charge in [-0.15, -0.1) is 0 Å². The topological polar surface area (TPSA) is 47.9 Å². The molecule has 1 spiro atoms. The van der Waals surface area contributed by atoms with E-state index in [2.05, 4.69) is 140 Å². The van der Waals surface area contributed by atoms with Crippen LogP contribution in [0.3, 0.4) is 0 Å². The Balaban J connectivity index is 1.20. The highest BCUT2D eigenvalue weighted by atomic mass is 16.5. The van der Waals surface area contributed by atoms with Crippen molar-refractivity contribution in [1.29, 1.82) is 0 Å². The highest BCUT2D eigenvalue weighted by Gasteiger charge is 2.51. The predicted molar refractivity (Wildman–Crippen MR) is 201 cm³/mol. The fourth-order valence-electron chi connectivity index (χ4n) is 8.29. The van der Waals surface area contributed by atoms with Crippen molar-refractivity contribution in [2.75, 3.05) is 0 Å². The summed E-state index contributed by atoms with van der Waals surface area (Å²) in [4.78, 5) is 15.3. The third-order valence-corrected chi connectivity index (χ3v) is 10.5. The van der Waals surface area contributed by atoms with E-state index < -0.39 is 5.41 Å². The molecule has 50 heavy (non-hydrogen) atoms. The Morgan fingerprint density at radius 2 is 1.16 bits per heavy atom. The van der Waals surface area contributed by atoms with Crippen LogP contribution in [-0.2, 0) is 5.41 Å². The van der Waals surface area contributed by atoms with Crippen LogP contribution in [0.1, 0.15) is 59.5 Å². The second-order valence-electron chi connectivity index (χ2n) is 13.3. The summed E-state index contributed by atoms with van der Waals surface area (Å²) in [6.07, 6.45) is 19.3. The Bertz CT molecular complexity index is 2390. The third-order valence-electron chi connectivity index (χ3n) is 10.5. The molecule has 4 nitrogen and oxygen atoms in total. The first-order valence-corrected chi connectivity index (χ1v) is 17.5. The second kappa shape index (κ2) is 11.5. The van der Waals surface area contributed by atoms with Gasteiger partial charge < -0.3 is 4.74 Å². The van der Waals surface area contributed by atoms with Gasteiger partial charge in [0.15, 0.2) is 5.82 Å². The van der Waals surface area contributed by atoms with Gasteiger partial charge in [-0.25, -0.2) is 9.97 Å². The Morgan fingerprint density at radius 3 is 1.90 bits per heavy atom. The molecular weight excluding hydrogens is 611 g/mol. The molecule has 10 rings (SSSR count). The van der Waals surface area contributed by atoms with E-state index in [9.17, 15) is 0 Å². The van der Waals surface area contributed by atoms with E-state index in [4.69, 9.17) is 19.7 Å². The van der Waals surface area contributed by atoms with Crippen molar-refractivity contribution >= 4 is 11.1 Å². The molecule has 0 atom stereocenters. The molecular formula is C46H33N3O. The summed E-state index contributed by atoms with van der Waals surface area (Å²) in [5.74, 6) is 2.49. The summed E-state index contributed by atoms with van der Waals surface area (Å²) in [5, 5.41) is 0. The van der Waals surface area contributed by atoms with Gasteiger partial charge in [0, 0.05) is 34.0 Å². The van der Waals surface area contributed by atoms with E-state index >= 15 is 0 Å². The number of para-hydroxylation sites is 1. The van der Waals surface area contributed by atoms with Gasteiger partial charge in [0.1, 0.15) is 11.5 Å². The lowest BCUT2D eigenvalue weighted by molar-refractivity contribution is 0.436. The molecule has 3 aliphatic carbocycles. The van der Waals surface area contributed by atoms with Gasteiger partial charge >= 0.3 is 0 Å². The van der Waals surface area contributed by atoms with E-state index in [1.165, 1.54) is 22.3 Å². The first kappa shape index (κ1) is 28.8. The summed E-state index contributed by atoms with van der Waals surface area (Å²) in [6.45, 7) is 0. The number of benzene rings is 4. The predicted octanol–water partition coefficient (Wildman–Crippen LogP) is 11.1. The molecule has 0 bridgehead atoms. The van der Waals surface area contributed by atoms with Crippen LogP contribution in [0, 0.1) is 0 Å². The molecule has 238 valence electrons. The molecule has 4 aromatic carbocycles. The molecule has 0 unspecified atom stereocenters. The fraction of sp³-hybridized carbons (Fsp3) is 0.109. The lowest BCUT2D eigenvalue weighted by Gasteiger charge is -2.39. The quantitative estimate of drug-likeness (QED) is 0.191. The van der Waals surface area contributed by atoms with E-state index in [0.717, 1.165) is 93.5 Å². The number of pyridine rings is 1. The minimum atomic E-state index is -0.544. The summed E-state index contributed by atoms with van der Waals surface area (Å²) in [6, 6.07) is 39.0. The van der Waals surface area contributed by atoms with Gasteiger partial charge in [-0.1, -0.05) is 103 Å². The van der Waals surface area contributed by atoms with Crippen molar-refractivity contribution in [3.63, 3.8) is 0 Å². The summed E-state index contributed by atoms with van der Waals surface area (Å²) in [7, 11) is 0. The molecule has 0 saturated carbocycles. The van der Waals surface area contributed by atoms with E-state index in [1.807, 2.05) is 12.3 Å². The molecule has 0 saturated heterocycles. The van der Waals surface area contributed by atoms with Crippen LogP contribution in [0.15, 0.2) is 152 Å². The molecule has 0 radical (unpaired) electrons. The van der Waals surface area contributed by atoms with Gasteiger partial charge in [0.2, 0.25) is 0 Å². The van der Waals surface area contributed by atoms with Crippen LogP contribution in [-0.4, -0.2) is 15.0 Å². The first-order valence-electron chi connectivity index (χ1n) is 17.5. The standard InChI is InChI=1S/C46H33N3O/c1-3-14-30(15-4-1)40-29-41(49-45(48-40)31-16-5-2-6-17-31)35-20-13-27-47-44(35)32-25-26-43-39(28-32)46(38-23-11-12-24-42(38)50-43)36-21-9-7-18-33(36)34-19-8-10-22-37(34)46/h3,5,7-29H,1-2,4,6H2. The second-order valence-corrected chi connectivity index (χ2v) is 13.3. The van der Waals surface area contributed by atoms with Crippen molar-refractivity contribution in [2.24, 2.45) is 0 Å². The normalized spacial score (nSPS) is 16.1. The smallest absolute Gasteiger partial charge is 0.160 e. The zero-order valence-corrected chi connectivity index (χ0v) is 27.5. The highest BCUT2D eigenvalue weighted by Crippen LogP contribution is 2.62. The summed E-state index contributed by atoms with van der Waals surface area (Å²) in [5.41, 5.74) is 13.6. The molecule has 1 aliphatic heterocycles. The van der Waals surface area contributed by atoms with E-state index in [-0.39, 0.29) is 0 Å². The molecule has 0 fully saturated rings. The van der Waals surface area contributed by atoms with Crippen molar-refractivity contribution in [2.45, 2.75) is 31.1 Å². The number of allylic oxidation sites excluding steroid dienone is 8. The van der Waals surface area contributed by atoms with Crippen LogP contribution in [0.2, 0.25) is 0 Å². The van der Waals surface area contributed by atoms with Crippen LogP contribution >= 0.6 is 0 Å². The largest absolute Gasteiger partial charge is 0.457 e. The van der Waals surface area contributed by atoms with Crippen molar-refractivity contribution in [3.8, 4) is 45.1 Å². The lowest BCUT2D eigenvalue weighted by Crippen LogP contribution is -2.32. The zero-order valence-electron chi connectivity index (χ0n) is 27.5. The fourth-order valence-corrected chi connectivity index (χ4v) is 8.29. The van der Waals surface area contributed by atoms with Gasteiger partial charge in [-0.2, -0.15) is 0 Å². The monoisotopic (exact) mass is 643 g/mol. The van der Waals surface area contributed by atoms with Crippen molar-refractivity contribution in [3.05, 3.63) is 186 Å². The molecule has 0 N–H and O–H groups in total. The number of fused-ring (bicyclic) bond motifs is 9. The molecule has 3 heterocycles. The number of ether oxygens (including phenoxy) is 1. The Labute approximate surface area is 291 Å². The van der Waals surface area contributed by atoms with Crippen molar-refractivity contribution in [1.82, 2.24) is 15.0 Å². The van der Waals surface area contributed by atoms with Gasteiger partial charge in [-0.05, 0) is 96.0 Å². The minimum absolute atomic E-state index is 0.544. The summed E-state index contributed by atoms with van der Waals surface area (Å²) < 4.78 is 6.70. The number of hydrogen-bond acceptors (Lipinski definition) is 4. The van der Waals surface area contributed by atoms with Gasteiger partial charge in [0.25, 0.3) is 0 Å². The lowest BCUT2D eigenvalue weighted by atomic mass is 9.66. The Hall–Kier alpha value is -6.13. The third kappa shape index (κ3) is 4.35. The molecule has 6 aromatic rings. The van der Waals surface area contributed by atoms with Crippen LogP contribution < -0.4 is 4.74 Å². The number of hydrogen-bond donors (Lipinski definition) is 0. The van der Waals surface area contributed by atoms with E-state index in [1.54, 1.807) is 0 Å². The van der Waals surface area contributed by atoms with Crippen LogP contribution in [0.25, 0.3) is 44.8 Å². The number of aromatic nitrogens is 3. The average molecular weight is 644 g/mol. The maximum Gasteiger partial charge on any atom is 0.160 e. The maximum absolute atomic E-state index is 6.70. The maximum atomic E-state index is 6.70. The summed E-state index contributed by atoms with van der Waals surface area (Å²) >= 11 is 0. The van der Waals surface area contributed by atoms with Crippen LogP contribution in [0.5, 0.6) is 11.5 Å². The Kier molecular flexibility index (Phi) is 6.63. The average Bonchev–Trinajstić information content (AvgIpc) is 3.49. The van der Waals surface area contributed by atoms with E-state index in [0.29, 0.717) is 0 Å². The van der Waals surface area contributed by atoms with Gasteiger partial charge in [0.05, 0.1) is 22.5 Å².